The number of rotatable bonds is 2. The highest BCUT2D eigenvalue weighted by molar-refractivity contribution is 6.17. The third-order valence-corrected chi connectivity index (χ3v) is 4.02. The second-order valence-corrected chi connectivity index (χ2v) is 5.77. The Kier molecular flexibility index (Phi) is 3.47. The Morgan fingerprint density at radius 1 is 0.917 bits per heavy atom. The fraction of sp³-hybridized carbons (Fsp3) is 0.0476. The van der Waals surface area contributed by atoms with Crippen molar-refractivity contribution < 1.29 is 9.53 Å². The standard InChI is InChI=1S/C21H15NO2/c1-14-9-11-15(12-10-14)13-19-21(23)24-20(22-19)18-8-4-6-16-5-2-3-7-17(16)18/h2-13H,1H3/b19-13+. The van der Waals surface area contributed by atoms with E-state index in [1.54, 1.807) is 6.08 Å². The first-order valence-corrected chi connectivity index (χ1v) is 7.78. The summed E-state index contributed by atoms with van der Waals surface area (Å²) >= 11 is 0. The summed E-state index contributed by atoms with van der Waals surface area (Å²) in [4.78, 5) is 16.6. The summed E-state index contributed by atoms with van der Waals surface area (Å²) in [5, 5.41) is 2.10. The molecule has 3 aromatic rings. The fourth-order valence-corrected chi connectivity index (χ4v) is 2.76. The van der Waals surface area contributed by atoms with E-state index in [2.05, 4.69) is 4.99 Å². The third-order valence-electron chi connectivity index (χ3n) is 4.02. The average Bonchev–Trinajstić information content (AvgIpc) is 2.97. The molecule has 0 spiro atoms. The Bertz CT molecular complexity index is 993. The van der Waals surface area contributed by atoms with Gasteiger partial charge in [0.15, 0.2) is 5.70 Å². The molecule has 0 aromatic heterocycles. The van der Waals surface area contributed by atoms with Crippen LogP contribution in [0.2, 0.25) is 0 Å². The van der Waals surface area contributed by atoms with Crippen molar-refractivity contribution in [2.24, 2.45) is 4.99 Å². The van der Waals surface area contributed by atoms with E-state index in [4.69, 9.17) is 4.74 Å². The van der Waals surface area contributed by atoms with Crippen molar-refractivity contribution in [2.45, 2.75) is 6.92 Å². The first-order valence-electron chi connectivity index (χ1n) is 7.78. The molecule has 116 valence electrons. The molecular formula is C21H15NO2. The molecule has 24 heavy (non-hydrogen) atoms. The van der Waals surface area contributed by atoms with Crippen molar-refractivity contribution >= 4 is 28.7 Å². The summed E-state index contributed by atoms with van der Waals surface area (Å²) in [6.45, 7) is 2.03. The number of carbonyl (C=O) groups excluding carboxylic acids is 1. The van der Waals surface area contributed by atoms with Crippen molar-refractivity contribution in [1.82, 2.24) is 0 Å². The fourth-order valence-electron chi connectivity index (χ4n) is 2.76. The summed E-state index contributed by atoms with van der Waals surface area (Å²) in [5.41, 5.74) is 3.25. The first kappa shape index (κ1) is 14.4. The molecular weight excluding hydrogens is 298 g/mol. The van der Waals surface area contributed by atoms with Crippen LogP contribution in [-0.2, 0) is 9.53 Å². The number of aliphatic imine (C=N–C) groups is 1. The zero-order chi connectivity index (χ0) is 16.5. The number of carbonyl (C=O) groups is 1. The van der Waals surface area contributed by atoms with Gasteiger partial charge < -0.3 is 4.74 Å². The lowest BCUT2D eigenvalue weighted by atomic mass is 10.0. The lowest BCUT2D eigenvalue weighted by Crippen LogP contribution is -2.05. The second-order valence-electron chi connectivity index (χ2n) is 5.77. The molecule has 0 bridgehead atoms. The summed E-state index contributed by atoms with van der Waals surface area (Å²) in [5.74, 6) is -0.0614. The molecule has 1 heterocycles. The minimum absolute atomic E-state index is 0.321. The Labute approximate surface area is 139 Å². The topological polar surface area (TPSA) is 38.7 Å². The first-order chi connectivity index (χ1) is 11.7. The number of cyclic esters (lactones) is 1. The van der Waals surface area contributed by atoms with E-state index in [0.717, 1.165) is 21.9 Å². The number of hydrogen-bond donors (Lipinski definition) is 0. The maximum atomic E-state index is 12.2. The SMILES string of the molecule is Cc1ccc(/C=C2/N=C(c3cccc4ccccc34)OC2=O)cc1. The van der Waals surface area contributed by atoms with Gasteiger partial charge in [-0.05, 0) is 35.4 Å². The van der Waals surface area contributed by atoms with Crippen molar-refractivity contribution in [3.8, 4) is 0 Å². The number of benzene rings is 3. The number of hydrogen-bond acceptors (Lipinski definition) is 3. The van der Waals surface area contributed by atoms with Crippen LogP contribution >= 0.6 is 0 Å². The van der Waals surface area contributed by atoms with Crippen molar-refractivity contribution in [1.29, 1.82) is 0 Å². The molecule has 0 fully saturated rings. The van der Waals surface area contributed by atoms with Crippen LogP contribution in [0.4, 0.5) is 0 Å². The smallest absolute Gasteiger partial charge is 0.363 e. The molecule has 0 amide bonds. The van der Waals surface area contributed by atoms with Gasteiger partial charge in [0.25, 0.3) is 0 Å². The number of esters is 1. The van der Waals surface area contributed by atoms with Gasteiger partial charge >= 0.3 is 5.97 Å². The van der Waals surface area contributed by atoms with Crippen LogP contribution in [0.15, 0.2) is 77.4 Å². The lowest BCUT2D eigenvalue weighted by Gasteiger charge is -2.04. The Hall–Kier alpha value is -3.20. The van der Waals surface area contributed by atoms with Gasteiger partial charge in [-0.2, -0.15) is 0 Å². The Morgan fingerprint density at radius 3 is 2.50 bits per heavy atom. The lowest BCUT2D eigenvalue weighted by molar-refractivity contribution is -0.129. The number of aryl methyl sites for hydroxylation is 1. The molecule has 1 aliphatic heterocycles. The average molecular weight is 313 g/mol. The van der Waals surface area contributed by atoms with Crippen LogP contribution in [0.1, 0.15) is 16.7 Å². The molecule has 3 heteroatoms. The van der Waals surface area contributed by atoms with E-state index < -0.39 is 5.97 Å². The number of nitrogens with zero attached hydrogens (tertiary/aromatic N) is 1. The summed E-state index contributed by atoms with van der Waals surface area (Å²) in [6.07, 6.45) is 1.75. The minimum atomic E-state index is -0.418. The Morgan fingerprint density at radius 2 is 1.67 bits per heavy atom. The van der Waals surface area contributed by atoms with Gasteiger partial charge in [-0.15, -0.1) is 0 Å². The van der Waals surface area contributed by atoms with Gasteiger partial charge in [0, 0.05) is 5.56 Å². The number of fused-ring (bicyclic) bond motifs is 1. The molecule has 1 aliphatic rings. The molecule has 0 aliphatic carbocycles. The van der Waals surface area contributed by atoms with Crippen LogP contribution in [0.3, 0.4) is 0 Å². The maximum Gasteiger partial charge on any atom is 0.363 e. The monoisotopic (exact) mass is 313 g/mol. The minimum Gasteiger partial charge on any atom is -0.402 e. The molecule has 0 saturated carbocycles. The zero-order valence-electron chi connectivity index (χ0n) is 13.2. The molecule has 0 saturated heterocycles. The highest BCUT2D eigenvalue weighted by atomic mass is 16.6. The zero-order valence-corrected chi connectivity index (χ0v) is 13.2. The van der Waals surface area contributed by atoms with Gasteiger partial charge in [-0.3, -0.25) is 0 Å². The molecule has 0 atom stereocenters. The largest absolute Gasteiger partial charge is 0.402 e. The molecule has 0 N–H and O–H groups in total. The van der Waals surface area contributed by atoms with Crippen LogP contribution < -0.4 is 0 Å². The normalized spacial score (nSPS) is 15.6. The van der Waals surface area contributed by atoms with Crippen molar-refractivity contribution in [3.05, 3.63) is 89.1 Å². The van der Waals surface area contributed by atoms with E-state index in [0.29, 0.717) is 11.6 Å². The van der Waals surface area contributed by atoms with Gasteiger partial charge in [-0.25, -0.2) is 9.79 Å². The number of ether oxygens (including phenoxy) is 1. The molecule has 0 unspecified atom stereocenters. The van der Waals surface area contributed by atoms with Gasteiger partial charge in [-0.1, -0.05) is 66.2 Å². The van der Waals surface area contributed by atoms with E-state index in [9.17, 15) is 4.79 Å². The van der Waals surface area contributed by atoms with Gasteiger partial charge in [0.05, 0.1) is 0 Å². The van der Waals surface area contributed by atoms with Crippen molar-refractivity contribution in [3.63, 3.8) is 0 Å². The summed E-state index contributed by atoms with van der Waals surface area (Å²) < 4.78 is 5.41. The maximum absolute atomic E-state index is 12.2. The van der Waals surface area contributed by atoms with Crippen LogP contribution in [0, 0.1) is 6.92 Å². The van der Waals surface area contributed by atoms with Gasteiger partial charge in [0.1, 0.15) is 0 Å². The van der Waals surface area contributed by atoms with Crippen LogP contribution in [-0.4, -0.2) is 11.9 Å². The Balaban J connectivity index is 1.77. The predicted molar refractivity (Wildman–Crippen MR) is 95.7 cm³/mol. The van der Waals surface area contributed by atoms with Crippen molar-refractivity contribution in [2.75, 3.05) is 0 Å². The quantitative estimate of drug-likeness (QED) is 0.516. The molecule has 4 rings (SSSR count). The van der Waals surface area contributed by atoms with Gasteiger partial charge in [0.2, 0.25) is 5.90 Å². The van der Waals surface area contributed by atoms with E-state index in [-0.39, 0.29) is 0 Å². The molecule has 3 aromatic carbocycles. The predicted octanol–water partition coefficient (Wildman–Crippen LogP) is 4.49. The van der Waals surface area contributed by atoms with E-state index >= 15 is 0 Å². The highest BCUT2D eigenvalue weighted by Crippen LogP contribution is 2.24. The van der Waals surface area contributed by atoms with E-state index in [1.807, 2.05) is 73.7 Å². The molecule has 0 radical (unpaired) electrons. The second kappa shape index (κ2) is 5.78. The molecule has 3 nitrogen and oxygen atoms in total. The van der Waals surface area contributed by atoms with Crippen LogP contribution in [0.25, 0.3) is 16.8 Å². The third kappa shape index (κ3) is 2.61. The summed E-state index contributed by atoms with van der Waals surface area (Å²) in [7, 11) is 0. The highest BCUT2D eigenvalue weighted by Gasteiger charge is 2.25. The van der Waals surface area contributed by atoms with E-state index in [1.165, 1.54) is 5.56 Å². The summed E-state index contributed by atoms with van der Waals surface area (Å²) in [6, 6.07) is 21.8. The van der Waals surface area contributed by atoms with Crippen LogP contribution in [0.5, 0.6) is 0 Å².